The molecule has 0 spiro atoms. The minimum absolute atomic E-state index is 0.351. The number of aldehydes is 1. The lowest BCUT2D eigenvalue weighted by Gasteiger charge is -2.07. The topological polar surface area (TPSA) is 43.1 Å². The minimum Gasteiger partial charge on any atom is -0.327 e. The second kappa shape index (κ2) is 30.9. The van der Waals surface area contributed by atoms with Crippen molar-refractivity contribution in [3.63, 3.8) is 0 Å². The van der Waals surface area contributed by atoms with E-state index < -0.39 is 0 Å². The molecule has 0 radical (unpaired) electrons. The first-order chi connectivity index (χ1) is 12.1. The summed E-state index contributed by atoms with van der Waals surface area (Å²) in [5.41, 5.74) is 5.83. The zero-order valence-corrected chi connectivity index (χ0v) is 17.6. The van der Waals surface area contributed by atoms with Crippen molar-refractivity contribution in [1.29, 1.82) is 0 Å². The number of hydrogen-bond donors (Lipinski definition) is 1. The van der Waals surface area contributed by atoms with Crippen molar-refractivity contribution in [1.82, 2.24) is 0 Å². The first-order valence-electron chi connectivity index (χ1n) is 10.5. The molecular weight excluding hydrogens is 306 g/mol. The zero-order valence-electron chi connectivity index (χ0n) is 17.6. The van der Waals surface area contributed by atoms with Crippen LogP contribution in [0, 0.1) is 0 Å². The SMILES string of the molecule is C=CCC.C=CCC(N)CCCCCCC.CCCCCCCC=O. The number of rotatable bonds is 15. The fraction of sp³-hybridized carbons (Fsp3) is 0.783. The van der Waals surface area contributed by atoms with Gasteiger partial charge in [-0.05, 0) is 25.7 Å². The molecule has 0 amide bonds. The molecule has 0 aliphatic heterocycles. The summed E-state index contributed by atoms with van der Waals surface area (Å²) in [5, 5.41) is 0. The largest absolute Gasteiger partial charge is 0.327 e. The summed E-state index contributed by atoms with van der Waals surface area (Å²) in [7, 11) is 0. The molecule has 0 aromatic rings. The van der Waals surface area contributed by atoms with Crippen LogP contribution in [-0.4, -0.2) is 12.3 Å². The molecule has 0 aliphatic rings. The quantitative estimate of drug-likeness (QED) is 0.189. The highest BCUT2D eigenvalue weighted by atomic mass is 16.1. The molecule has 0 aromatic carbocycles. The molecular formula is C23H47NO. The minimum atomic E-state index is 0.351. The summed E-state index contributed by atoms with van der Waals surface area (Å²) in [6.07, 6.45) is 21.7. The number of carbonyl (C=O) groups excluding carboxylic acids is 1. The number of unbranched alkanes of at least 4 members (excludes halogenated alkanes) is 9. The van der Waals surface area contributed by atoms with Crippen molar-refractivity contribution >= 4 is 6.29 Å². The van der Waals surface area contributed by atoms with Crippen molar-refractivity contribution in [2.24, 2.45) is 5.73 Å². The Labute approximate surface area is 159 Å². The molecule has 0 saturated heterocycles. The summed E-state index contributed by atoms with van der Waals surface area (Å²) in [6, 6.07) is 0.351. The van der Waals surface area contributed by atoms with E-state index in [0.717, 1.165) is 38.4 Å². The van der Waals surface area contributed by atoms with Crippen LogP contribution in [0.5, 0.6) is 0 Å². The molecule has 0 saturated carbocycles. The van der Waals surface area contributed by atoms with Crippen molar-refractivity contribution in [3.8, 4) is 0 Å². The third-order valence-electron chi connectivity index (χ3n) is 3.86. The lowest BCUT2D eigenvalue weighted by molar-refractivity contribution is -0.107. The summed E-state index contributed by atoms with van der Waals surface area (Å²) in [5.74, 6) is 0. The Morgan fingerprint density at radius 3 is 1.68 bits per heavy atom. The van der Waals surface area contributed by atoms with Crippen LogP contribution in [0.25, 0.3) is 0 Å². The lowest BCUT2D eigenvalue weighted by atomic mass is 10.1. The van der Waals surface area contributed by atoms with Gasteiger partial charge in [-0.25, -0.2) is 0 Å². The Bertz CT molecular complexity index is 250. The van der Waals surface area contributed by atoms with Gasteiger partial charge in [0.15, 0.2) is 0 Å². The Hall–Kier alpha value is -0.890. The van der Waals surface area contributed by atoms with Gasteiger partial charge in [-0.15, -0.1) is 13.2 Å². The molecule has 1 atom stereocenters. The van der Waals surface area contributed by atoms with E-state index in [-0.39, 0.29) is 0 Å². The summed E-state index contributed by atoms with van der Waals surface area (Å²) in [4.78, 5) is 9.84. The van der Waals surface area contributed by atoms with Crippen molar-refractivity contribution < 1.29 is 4.79 Å². The lowest BCUT2D eigenvalue weighted by Crippen LogP contribution is -2.18. The molecule has 2 N–H and O–H groups in total. The molecule has 0 heterocycles. The molecule has 0 bridgehead atoms. The van der Waals surface area contributed by atoms with Crippen LogP contribution in [0.1, 0.15) is 111 Å². The summed E-state index contributed by atoms with van der Waals surface area (Å²) in [6.45, 7) is 13.7. The molecule has 0 rings (SSSR count). The maximum Gasteiger partial charge on any atom is 0.119 e. The standard InChI is InChI=1S/C11H23N.C8H16O.C4H8/c1-3-5-6-7-8-10-11(12)9-4-2;1-2-3-4-5-6-7-8-9;1-3-4-2/h4,11H,2-3,5-10,12H2,1H3;8H,2-7H2,1H3;3H,1,4H2,2H3. The van der Waals surface area contributed by atoms with Crippen molar-refractivity contribution in [2.75, 3.05) is 0 Å². The van der Waals surface area contributed by atoms with E-state index in [1.54, 1.807) is 0 Å². The Morgan fingerprint density at radius 2 is 1.28 bits per heavy atom. The first kappa shape index (κ1) is 28.9. The van der Waals surface area contributed by atoms with Crippen molar-refractivity contribution in [2.45, 2.75) is 117 Å². The van der Waals surface area contributed by atoms with Crippen LogP contribution in [-0.2, 0) is 4.79 Å². The van der Waals surface area contributed by atoms with Crippen LogP contribution in [0.3, 0.4) is 0 Å². The van der Waals surface area contributed by atoms with Crippen LogP contribution < -0.4 is 5.73 Å². The molecule has 25 heavy (non-hydrogen) atoms. The van der Waals surface area contributed by atoms with Crippen molar-refractivity contribution in [3.05, 3.63) is 25.3 Å². The second-order valence-corrected chi connectivity index (χ2v) is 6.55. The van der Waals surface area contributed by atoms with Gasteiger partial charge in [0.05, 0.1) is 0 Å². The molecule has 2 heteroatoms. The van der Waals surface area contributed by atoms with Crippen LogP contribution in [0.4, 0.5) is 0 Å². The Balaban J connectivity index is -0.000000328. The highest BCUT2D eigenvalue weighted by Gasteiger charge is 1.98. The van der Waals surface area contributed by atoms with Gasteiger partial charge in [0, 0.05) is 12.5 Å². The molecule has 1 unspecified atom stereocenters. The Morgan fingerprint density at radius 1 is 0.800 bits per heavy atom. The third kappa shape index (κ3) is 39.7. The summed E-state index contributed by atoms with van der Waals surface area (Å²) >= 11 is 0. The molecule has 0 aliphatic carbocycles. The number of carbonyl (C=O) groups is 1. The monoisotopic (exact) mass is 353 g/mol. The predicted octanol–water partition coefficient (Wildman–Crippen LogP) is 7.38. The fourth-order valence-electron chi connectivity index (χ4n) is 2.17. The molecule has 2 nitrogen and oxygen atoms in total. The van der Waals surface area contributed by atoms with E-state index >= 15 is 0 Å². The van der Waals surface area contributed by atoms with Crippen LogP contribution in [0.15, 0.2) is 25.3 Å². The molecule has 150 valence electrons. The fourth-order valence-corrected chi connectivity index (χ4v) is 2.17. The van der Waals surface area contributed by atoms with Gasteiger partial charge in [-0.1, -0.05) is 90.7 Å². The Kier molecular flexibility index (Phi) is 35.8. The van der Waals surface area contributed by atoms with E-state index in [0.29, 0.717) is 6.04 Å². The van der Waals surface area contributed by atoms with Gasteiger partial charge in [0.1, 0.15) is 6.29 Å². The van der Waals surface area contributed by atoms with E-state index in [1.807, 2.05) is 12.2 Å². The van der Waals surface area contributed by atoms with E-state index in [4.69, 9.17) is 5.73 Å². The zero-order chi connectivity index (χ0) is 19.6. The van der Waals surface area contributed by atoms with Gasteiger partial charge in [-0.2, -0.15) is 0 Å². The smallest absolute Gasteiger partial charge is 0.119 e. The van der Waals surface area contributed by atoms with E-state index in [1.165, 1.54) is 57.8 Å². The number of nitrogens with two attached hydrogens (primary N) is 1. The normalized spacial score (nSPS) is 10.6. The average molecular weight is 354 g/mol. The maximum atomic E-state index is 9.84. The van der Waals surface area contributed by atoms with Gasteiger partial charge < -0.3 is 10.5 Å². The van der Waals surface area contributed by atoms with Crippen LogP contribution in [0.2, 0.25) is 0 Å². The predicted molar refractivity (Wildman–Crippen MR) is 116 cm³/mol. The average Bonchev–Trinajstić information content (AvgIpc) is 2.62. The van der Waals surface area contributed by atoms with E-state index in [2.05, 4.69) is 33.9 Å². The van der Waals surface area contributed by atoms with Gasteiger partial charge in [0.2, 0.25) is 0 Å². The van der Waals surface area contributed by atoms with Gasteiger partial charge in [-0.3, -0.25) is 0 Å². The molecule has 0 fully saturated rings. The number of hydrogen-bond acceptors (Lipinski definition) is 2. The maximum absolute atomic E-state index is 9.84. The summed E-state index contributed by atoms with van der Waals surface area (Å²) < 4.78 is 0. The first-order valence-corrected chi connectivity index (χ1v) is 10.5. The third-order valence-corrected chi connectivity index (χ3v) is 3.86. The molecule has 0 aromatic heterocycles. The second-order valence-electron chi connectivity index (χ2n) is 6.55. The highest BCUT2D eigenvalue weighted by Crippen LogP contribution is 2.07. The number of allylic oxidation sites excluding steroid dienone is 1. The van der Waals surface area contributed by atoms with Gasteiger partial charge in [0.25, 0.3) is 0 Å². The van der Waals surface area contributed by atoms with Crippen LogP contribution >= 0.6 is 0 Å². The highest BCUT2D eigenvalue weighted by molar-refractivity contribution is 5.48. The van der Waals surface area contributed by atoms with E-state index in [9.17, 15) is 4.79 Å². The van der Waals surface area contributed by atoms with Gasteiger partial charge >= 0.3 is 0 Å².